The molecule has 1 aromatic heterocycles. The number of rotatable bonds is 4. The number of aromatic nitrogens is 2. The van der Waals surface area contributed by atoms with E-state index in [0.717, 1.165) is 5.56 Å². The highest BCUT2D eigenvalue weighted by atomic mass is 32.2. The molecule has 1 N–H and O–H groups in total. The van der Waals surface area contributed by atoms with Crippen molar-refractivity contribution >= 4 is 15.7 Å². The molecule has 1 unspecified atom stereocenters. The molecule has 1 aromatic rings. The first-order valence-corrected chi connectivity index (χ1v) is 7.49. The summed E-state index contributed by atoms with van der Waals surface area (Å²) in [7, 11) is -3.07. The molecule has 1 rings (SSSR count). The van der Waals surface area contributed by atoms with Crippen LogP contribution in [0.5, 0.6) is 0 Å². The van der Waals surface area contributed by atoms with Crippen LogP contribution in [0, 0.1) is 25.2 Å². The van der Waals surface area contributed by atoms with Crippen molar-refractivity contribution in [3.8, 4) is 6.07 Å². The Morgan fingerprint density at radius 1 is 1.39 bits per heavy atom. The van der Waals surface area contributed by atoms with Gasteiger partial charge in [-0.3, -0.25) is 0 Å². The highest BCUT2D eigenvalue weighted by molar-refractivity contribution is 7.90. The van der Waals surface area contributed by atoms with Gasteiger partial charge in [-0.1, -0.05) is 0 Å². The van der Waals surface area contributed by atoms with Gasteiger partial charge in [0.1, 0.15) is 21.5 Å². The summed E-state index contributed by atoms with van der Waals surface area (Å²) in [5, 5.41) is 19.8. The third kappa shape index (κ3) is 3.67. The van der Waals surface area contributed by atoms with Gasteiger partial charge < -0.3 is 5.32 Å². The first kappa shape index (κ1) is 14.4. The molecule has 0 fully saturated rings. The molecule has 0 saturated heterocycles. The minimum absolute atomic E-state index is 0.0214. The van der Waals surface area contributed by atoms with Gasteiger partial charge in [0, 0.05) is 12.3 Å². The molecule has 98 valence electrons. The second kappa shape index (κ2) is 5.31. The van der Waals surface area contributed by atoms with Crippen molar-refractivity contribution in [2.75, 3.05) is 17.3 Å². The number of nitrogens with zero attached hydrogens (tertiary/aromatic N) is 3. The quantitative estimate of drug-likeness (QED) is 0.868. The molecule has 6 nitrogen and oxygen atoms in total. The van der Waals surface area contributed by atoms with Crippen molar-refractivity contribution in [2.45, 2.75) is 26.8 Å². The van der Waals surface area contributed by atoms with E-state index in [1.165, 1.54) is 6.26 Å². The Morgan fingerprint density at radius 3 is 2.50 bits per heavy atom. The first-order valence-electron chi connectivity index (χ1n) is 5.43. The van der Waals surface area contributed by atoms with Crippen LogP contribution >= 0.6 is 0 Å². The molecule has 1 heterocycles. The number of hydrogen-bond donors (Lipinski definition) is 1. The van der Waals surface area contributed by atoms with E-state index in [4.69, 9.17) is 5.26 Å². The van der Waals surface area contributed by atoms with Crippen LogP contribution in [0.1, 0.15) is 23.7 Å². The first-order chi connectivity index (χ1) is 8.24. The highest BCUT2D eigenvalue weighted by Crippen LogP contribution is 2.17. The number of sulfone groups is 1. The van der Waals surface area contributed by atoms with Gasteiger partial charge in [0.2, 0.25) is 0 Å². The van der Waals surface area contributed by atoms with Crippen molar-refractivity contribution in [3.05, 3.63) is 16.8 Å². The third-order valence-electron chi connectivity index (χ3n) is 2.50. The molecule has 0 saturated carbocycles. The summed E-state index contributed by atoms with van der Waals surface area (Å²) < 4.78 is 22.3. The zero-order valence-electron chi connectivity index (χ0n) is 10.9. The highest BCUT2D eigenvalue weighted by Gasteiger charge is 2.15. The Labute approximate surface area is 107 Å². The van der Waals surface area contributed by atoms with Crippen molar-refractivity contribution in [2.24, 2.45) is 0 Å². The van der Waals surface area contributed by atoms with E-state index in [-0.39, 0.29) is 11.8 Å². The lowest BCUT2D eigenvalue weighted by Crippen LogP contribution is -2.26. The van der Waals surface area contributed by atoms with Crippen LogP contribution < -0.4 is 5.32 Å². The molecule has 1 atom stereocenters. The van der Waals surface area contributed by atoms with E-state index in [9.17, 15) is 8.42 Å². The van der Waals surface area contributed by atoms with E-state index in [2.05, 4.69) is 21.6 Å². The van der Waals surface area contributed by atoms with Gasteiger partial charge in [-0.05, 0) is 26.3 Å². The van der Waals surface area contributed by atoms with E-state index in [1.54, 1.807) is 20.8 Å². The lowest BCUT2D eigenvalue weighted by molar-refractivity contribution is 0.597. The van der Waals surface area contributed by atoms with Crippen molar-refractivity contribution in [1.82, 2.24) is 10.2 Å². The van der Waals surface area contributed by atoms with Gasteiger partial charge in [0.25, 0.3) is 0 Å². The van der Waals surface area contributed by atoms with Crippen molar-refractivity contribution < 1.29 is 8.42 Å². The largest absolute Gasteiger partial charge is 0.364 e. The average Bonchev–Trinajstić information content (AvgIpc) is 2.21. The smallest absolute Gasteiger partial charge is 0.167 e. The molecule has 0 amide bonds. The van der Waals surface area contributed by atoms with Gasteiger partial charge >= 0.3 is 0 Å². The molecular weight excluding hydrogens is 252 g/mol. The molecule has 0 aliphatic heterocycles. The molecule has 18 heavy (non-hydrogen) atoms. The number of anilines is 1. The van der Waals surface area contributed by atoms with Gasteiger partial charge in [0.05, 0.1) is 11.4 Å². The molecule has 0 aromatic carbocycles. The minimum Gasteiger partial charge on any atom is -0.364 e. The van der Waals surface area contributed by atoms with Crippen LogP contribution in [-0.4, -0.2) is 36.7 Å². The van der Waals surface area contributed by atoms with Crippen molar-refractivity contribution in [3.63, 3.8) is 0 Å². The number of nitrogens with one attached hydrogen (secondary N) is 1. The SMILES string of the molecule is Cc1nnc(NC(C)CS(C)(=O)=O)c(C#N)c1C. The zero-order valence-corrected chi connectivity index (χ0v) is 11.7. The fourth-order valence-electron chi connectivity index (χ4n) is 1.58. The van der Waals surface area contributed by atoms with Gasteiger partial charge in [-0.2, -0.15) is 10.4 Å². The van der Waals surface area contributed by atoms with E-state index in [1.807, 2.05) is 0 Å². The molecule has 0 radical (unpaired) electrons. The molecule has 7 heteroatoms. The third-order valence-corrected chi connectivity index (χ3v) is 3.61. The Kier molecular flexibility index (Phi) is 4.24. The second-order valence-electron chi connectivity index (χ2n) is 4.38. The zero-order chi connectivity index (χ0) is 13.9. The maximum absolute atomic E-state index is 11.2. The van der Waals surface area contributed by atoms with Crippen LogP contribution in [0.25, 0.3) is 0 Å². The summed E-state index contributed by atoms with van der Waals surface area (Å²) in [6.45, 7) is 5.28. The summed E-state index contributed by atoms with van der Waals surface area (Å²) in [4.78, 5) is 0. The predicted octanol–water partition coefficient (Wildman–Crippen LogP) is 0.810. The van der Waals surface area contributed by atoms with Crippen LogP contribution in [0.2, 0.25) is 0 Å². The Hall–Kier alpha value is -1.68. The van der Waals surface area contributed by atoms with Crippen molar-refractivity contribution in [1.29, 1.82) is 5.26 Å². The maximum atomic E-state index is 11.2. The minimum atomic E-state index is -3.07. The predicted molar refractivity (Wildman–Crippen MR) is 69.0 cm³/mol. The van der Waals surface area contributed by atoms with E-state index >= 15 is 0 Å². The molecule has 0 bridgehead atoms. The van der Waals surface area contributed by atoms with Crippen LogP contribution in [0.3, 0.4) is 0 Å². The molecule has 0 aliphatic rings. The monoisotopic (exact) mass is 268 g/mol. The lowest BCUT2D eigenvalue weighted by Gasteiger charge is -2.15. The molecule has 0 spiro atoms. The normalized spacial score (nSPS) is 12.8. The number of aryl methyl sites for hydroxylation is 1. The number of nitriles is 1. The summed E-state index contributed by atoms with van der Waals surface area (Å²) in [6, 6.07) is 1.73. The topological polar surface area (TPSA) is 95.7 Å². The summed E-state index contributed by atoms with van der Waals surface area (Å²) >= 11 is 0. The fraction of sp³-hybridized carbons (Fsp3) is 0.545. The summed E-state index contributed by atoms with van der Waals surface area (Å²) in [5.41, 5.74) is 1.84. The van der Waals surface area contributed by atoms with E-state index < -0.39 is 9.84 Å². The Balaban J connectivity index is 2.99. The maximum Gasteiger partial charge on any atom is 0.167 e. The Bertz CT molecular complexity index is 590. The van der Waals surface area contributed by atoms with E-state index in [0.29, 0.717) is 17.1 Å². The summed E-state index contributed by atoms with van der Waals surface area (Å²) in [6.07, 6.45) is 1.17. The summed E-state index contributed by atoms with van der Waals surface area (Å²) in [5.74, 6) is 0.309. The van der Waals surface area contributed by atoms with Gasteiger partial charge in [-0.15, -0.1) is 5.10 Å². The molecular formula is C11H16N4O2S. The average molecular weight is 268 g/mol. The molecule has 0 aliphatic carbocycles. The second-order valence-corrected chi connectivity index (χ2v) is 6.57. The lowest BCUT2D eigenvalue weighted by atomic mass is 10.1. The van der Waals surface area contributed by atoms with Gasteiger partial charge in [-0.25, -0.2) is 8.42 Å². The van der Waals surface area contributed by atoms with Crippen LogP contribution in [-0.2, 0) is 9.84 Å². The standard InChI is InChI=1S/C11H16N4O2S/c1-7(6-18(4,16)17)13-11-10(5-12)8(2)9(3)14-15-11/h7H,6H2,1-4H3,(H,13,15). The number of hydrogen-bond acceptors (Lipinski definition) is 6. The fourth-order valence-corrected chi connectivity index (χ4v) is 2.57. The Morgan fingerprint density at radius 2 is 2.00 bits per heavy atom. The van der Waals surface area contributed by atoms with Gasteiger partial charge in [0.15, 0.2) is 5.82 Å². The van der Waals surface area contributed by atoms with Crippen LogP contribution in [0.4, 0.5) is 5.82 Å². The van der Waals surface area contributed by atoms with Crippen LogP contribution in [0.15, 0.2) is 0 Å².